The fraction of sp³-hybridized carbons (Fsp3) is 0.667. The summed E-state index contributed by atoms with van der Waals surface area (Å²) in [4.78, 5) is 14.1. The zero-order valence-corrected chi connectivity index (χ0v) is 12.8. The van der Waals surface area contributed by atoms with Crippen molar-refractivity contribution in [3.63, 3.8) is 0 Å². The van der Waals surface area contributed by atoms with E-state index in [-0.39, 0.29) is 5.91 Å². The predicted octanol–water partition coefficient (Wildman–Crippen LogP) is 1.38. The Morgan fingerprint density at radius 3 is 2.81 bits per heavy atom. The van der Waals surface area contributed by atoms with Gasteiger partial charge in [-0.15, -0.1) is 5.10 Å². The summed E-state index contributed by atoms with van der Waals surface area (Å²) in [7, 11) is 0. The Bertz CT molecular complexity index is 492. The largest absolute Gasteiger partial charge is 0.386 e. The Morgan fingerprint density at radius 2 is 2.19 bits per heavy atom. The summed E-state index contributed by atoms with van der Waals surface area (Å²) in [6.07, 6.45) is 8.30. The van der Waals surface area contributed by atoms with Crippen LogP contribution < -0.4 is 0 Å². The molecule has 1 aromatic rings. The van der Waals surface area contributed by atoms with Crippen LogP contribution in [0.3, 0.4) is 0 Å². The summed E-state index contributed by atoms with van der Waals surface area (Å²) in [5.41, 5.74) is 0.221. The number of aromatic nitrogens is 3. The molecule has 2 rings (SSSR count). The number of hydrogen-bond donors (Lipinski definition) is 1. The Balaban J connectivity index is 2.02. The first-order valence-electron chi connectivity index (χ1n) is 7.61. The van der Waals surface area contributed by atoms with Gasteiger partial charge in [-0.1, -0.05) is 24.6 Å². The summed E-state index contributed by atoms with van der Waals surface area (Å²) in [6, 6.07) is 0. The molecule has 0 spiro atoms. The van der Waals surface area contributed by atoms with Crippen LogP contribution in [0.2, 0.25) is 0 Å². The standard InChI is InChI=1S/C15H24N4O2/c1-3-13(4-2)10-14(20)18-8-5-6-15(21,11-18)12-19-9-7-16-17-19/h7,9-10,21H,3-6,8,11-12H2,1-2H3. The summed E-state index contributed by atoms with van der Waals surface area (Å²) in [6.45, 7) is 5.53. The maximum atomic E-state index is 12.3. The number of carbonyl (C=O) groups excluding carboxylic acids is 1. The van der Waals surface area contributed by atoms with E-state index in [0.29, 0.717) is 26.1 Å². The number of carbonyl (C=O) groups is 1. The first-order valence-corrected chi connectivity index (χ1v) is 7.61. The maximum absolute atomic E-state index is 12.3. The lowest BCUT2D eigenvalue weighted by atomic mass is 9.92. The van der Waals surface area contributed by atoms with E-state index >= 15 is 0 Å². The van der Waals surface area contributed by atoms with Gasteiger partial charge in [-0.05, 0) is 25.7 Å². The van der Waals surface area contributed by atoms with Crippen LogP contribution in [-0.2, 0) is 11.3 Å². The number of piperidine rings is 1. The number of nitrogens with zero attached hydrogens (tertiary/aromatic N) is 4. The van der Waals surface area contributed by atoms with Gasteiger partial charge in [-0.25, -0.2) is 4.68 Å². The number of aliphatic hydroxyl groups is 1. The van der Waals surface area contributed by atoms with Gasteiger partial charge in [0.1, 0.15) is 5.60 Å². The highest BCUT2D eigenvalue weighted by molar-refractivity contribution is 5.88. The lowest BCUT2D eigenvalue weighted by molar-refractivity contribution is -0.134. The molecule has 6 heteroatoms. The minimum Gasteiger partial charge on any atom is -0.386 e. The highest BCUT2D eigenvalue weighted by Gasteiger charge is 2.35. The van der Waals surface area contributed by atoms with E-state index < -0.39 is 5.60 Å². The van der Waals surface area contributed by atoms with Crippen molar-refractivity contribution in [3.8, 4) is 0 Å². The van der Waals surface area contributed by atoms with Crippen molar-refractivity contribution in [3.05, 3.63) is 24.0 Å². The molecule has 1 saturated heterocycles. The average Bonchev–Trinajstić information content (AvgIpc) is 2.96. The van der Waals surface area contributed by atoms with Crippen LogP contribution in [0.5, 0.6) is 0 Å². The molecule has 1 atom stereocenters. The number of amides is 1. The van der Waals surface area contributed by atoms with Gasteiger partial charge in [0, 0.05) is 18.8 Å². The molecule has 0 radical (unpaired) electrons. The molecule has 116 valence electrons. The van der Waals surface area contributed by atoms with Crippen molar-refractivity contribution in [1.82, 2.24) is 19.9 Å². The van der Waals surface area contributed by atoms with Crippen molar-refractivity contribution in [2.75, 3.05) is 13.1 Å². The lowest BCUT2D eigenvalue weighted by Gasteiger charge is -2.38. The first kappa shape index (κ1) is 15.7. The van der Waals surface area contributed by atoms with Gasteiger partial charge in [-0.2, -0.15) is 0 Å². The van der Waals surface area contributed by atoms with Crippen molar-refractivity contribution < 1.29 is 9.90 Å². The smallest absolute Gasteiger partial charge is 0.246 e. The molecule has 1 aliphatic heterocycles. The van der Waals surface area contributed by atoms with Crippen LogP contribution in [0.1, 0.15) is 39.5 Å². The fourth-order valence-electron chi connectivity index (χ4n) is 2.77. The molecule has 0 bridgehead atoms. The second-order valence-corrected chi connectivity index (χ2v) is 5.70. The monoisotopic (exact) mass is 292 g/mol. The van der Waals surface area contributed by atoms with Crippen LogP contribution in [0.25, 0.3) is 0 Å². The van der Waals surface area contributed by atoms with Gasteiger partial charge in [-0.3, -0.25) is 4.79 Å². The minimum absolute atomic E-state index is 0.00501. The van der Waals surface area contributed by atoms with Gasteiger partial charge in [0.25, 0.3) is 0 Å². The topological polar surface area (TPSA) is 71.2 Å². The van der Waals surface area contributed by atoms with E-state index in [2.05, 4.69) is 24.2 Å². The SMILES string of the molecule is CCC(=CC(=O)N1CCCC(O)(Cn2ccnn2)C1)CC. The summed E-state index contributed by atoms with van der Waals surface area (Å²) in [5, 5.41) is 18.3. The average molecular weight is 292 g/mol. The van der Waals surface area contributed by atoms with Crippen LogP contribution in [0.15, 0.2) is 24.0 Å². The molecule has 1 fully saturated rings. The van der Waals surface area contributed by atoms with Crippen molar-refractivity contribution in [1.29, 1.82) is 0 Å². The number of likely N-dealkylation sites (tertiary alicyclic amines) is 1. The quantitative estimate of drug-likeness (QED) is 0.832. The van der Waals surface area contributed by atoms with Gasteiger partial charge >= 0.3 is 0 Å². The third-order valence-corrected chi connectivity index (χ3v) is 4.03. The van der Waals surface area contributed by atoms with Crippen LogP contribution >= 0.6 is 0 Å². The van der Waals surface area contributed by atoms with E-state index in [1.165, 1.54) is 0 Å². The Kier molecular flexibility index (Phi) is 5.12. The van der Waals surface area contributed by atoms with Crippen molar-refractivity contribution in [2.45, 2.75) is 51.7 Å². The molecule has 1 amide bonds. The number of rotatable bonds is 5. The fourth-order valence-corrected chi connectivity index (χ4v) is 2.77. The molecular formula is C15H24N4O2. The molecule has 0 aliphatic carbocycles. The summed E-state index contributed by atoms with van der Waals surface area (Å²) < 4.78 is 1.62. The molecule has 1 N–H and O–H groups in total. The minimum atomic E-state index is -0.923. The van der Waals surface area contributed by atoms with Gasteiger partial charge in [0.15, 0.2) is 0 Å². The molecule has 21 heavy (non-hydrogen) atoms. The predicted molar refractivity (Wildman–Crippen MR) is 79.5 cm³/mol. The zero-order valence-electron chi connectivity index (χ0n) is 12.8. The second-order valence-electron chi connectivity index (χ2n) is 5.70. The second kappa shape index (κ2) is 6.85. The molecule has 1 aromatic heterocycles. The normalized spacial score (nSPS) is 22.1. The first-order chi connectivity index (χ1) is 10.1. The molecule has 0 aromatic carbocycles. The third-order valence-electron chi connectivity index (χ3n) is 4.03. The number of allylic oxidation sites excluding steroid dienone is 1. The Hall–Kier alpha value is -1.69. The Morgan fingerprint density at radius 1 is 1.43 bits per heavy atom. The third kappa shape index (κ3) is 4.14. The molecular weight excluding hydrogens is 268 g/mol. The van der Waals surface area contributed by atoms with Gasteiger partial charge in [0.2, 0.25) is 5.91 Å². The van der Waals surface area contributed by atoms with E-state index in [0.717, 1.165) is 24.8 Å². The van der Waals surface area contributed by atoms with Gasteiger partial charge in [0.05, 0.1) is 19.3 Å². The van der Waals surface area contributed by atoms with Crippen molar-refractivity contribution >= 4 is 5.91 Å². The van der Waals surface area contributed by atoms with E-state index in [1.807, 2.05) is 0 Å². The Labute approximate surface area is 125 Å². The number of hydrogen-bond acceptors (Lipinski definition) is 4. The zero-order chi connectivity index (χ0) is 15.3. The van der Waals surface area contributed by atoms with Crippen LogP contribution in [0.4, 0.5) is 0 Å². The van der Waals surface area contributed by atoms with E-state index in [1.54, 1.807) is 28.1 Å². The molecule has 1 aliphatic rings. The van der Waals surface area contributed by atoms with Crippen molar-refractivity contribution in [2.24, 2.45) is 0 Å². The maximum Gasteiger partial charge on any atom is 0.246 e. The lowest BCUT2D eigenvalue weighted by Crippen LogP contribution is -2.52. The van der Waals surface area contributed by atoms with E-state index in [4.69, 9.17) is 0 Å². The highest BCUT2D eigenvalue weighted by Crippen LogP contribution is 2.23. The summed E-state index contributed by atoms with van der Waals surface area (Å²) >= 11 is 0. The molecule has 0 saturated carbocycles. The number of β-amino-alcohol motifs (C(OH)–C–C–N with tert-alkyl or cyclic N) is 1. The summed E-state index contributed by atoms with van der Waals surface area (Å²) in [5.74, 6) is 0.00501. The molecule has 1 unspecified atom stereocenters. The molecule has 2 heterocycles. The van der Waals surface area contributed by atoms with Gasteiger partial charge < -0.3 is 10.0 Å². The van der Waals surface area contributed by atoms with E-state index in [9.17, 15) is 9.90 Å². The van der Waals surface area contributed by atoms with Crippen LogP contribution in [-0.4, -0.2) is 49.6 Å². The highest BCUT2D eigenvalue weighted by atomic mass is 16.3. The molecule has 6 nitrogen and oxygen atoms in total. The van der Waals surface area contributed by atoms with Crippen LogP contribution in [0, 0.1) is 0 Å².